The number of para-hydroxylation sites is 1. The van der Waals surface area contributed by atoms with E-state index in [4.69, 9.17) is 0 Å². The van der Waals surface area contributed by atoms with E-state index in [1.807, 2.05) is 86.6 Å². The van der Waals surface area contributed by atoms with Crippen molar-refractivity contribution in [1.82, 2.24) is 9.97 Å². The average Bonchev–Trinajstić information content (AvgIpc) is 3.17. The molecule has 0 aliphatic carbocycles. The second-order valence-corrected chi connectivity index (χ2v) is 8.02. The molecule has 8 nitrogen and oxygen atoms in total. The number of hydrogen-bond acceptors (Lipinski definition) is 6. The molecule has 0 radical (unpaired) electrons. The Morgan fingerprint density at radius 3 is 2.41 bits per heavy atom. The summed E-state index contributed by atoms with van der Waals surface area (Å²) in [5.74, 6) is 0.752. The molecule has 2 amide bonds. The van der Waals surface area contributed by atoms with Crippen LogP contribution in [-0.2, 0) is 9.59 Å². The third-order valence-corrected chi connectivity index (χ3v) is 5.27. The van der Waals surface area contributed by atoms with Gasteiger partial charge in [-0.3, -0.25) is 9.59 Å². The number of nitrogens with one attached hydrogen (secondary N) is 2. The van der Waals surface area contributed by atoms with Crippen molar-refractivity contribution in [2.24, 2.45) is 5.92 Å². The SMILES string of the molecule is Cc1cc(N(C)C)nc(Nc2ccc(NC(=O)[C@H]3CC(=O)N(c4ccccc4)C3)cc2)n1. The Morgan fingerprint density at radius 1 is 1.03 bits per heavy atom. The first kappa shape index (κ1) is 21.3. The molecule has 2 aromatic carbocycles. The van der Waals surface area contributed by atoms with E-state index in [1.165, 1.54) is 0 Å². The van der Waals surface area contributed by atoms with E-state index < -0.39 is 0 Å². The lowest BCUT2D eigenvalue weighted by Gasteiger charge is -2.16. The minimum atomic E-state index is -0.384. The summed E-state index contributed by atoms with van der Waals surface area (Å²) in [4.78, 5) is 37.6. The first-order valence-electron chi connectivity index (χ1n) is 10.5. The van der Waals surface area contributed by atoms with Gasteiger partial charge in [-0.05, 0) is 43.3 Å². The van der Waals surface area contributed by atoms with Crippen LogP contribution in [0.5, 0.6) is 0 Å². The summed E-state index contributed by atoms with van der Waals surface area (Å²) in [6, 6.07) is 18.7. The van der Waals surface area contributed by atoms with Crippen LogP contribution < -0.4 is 20.4 Å². The van der Waals surface area contributed by atoms with Crippen molar-refractivity contribution in [3.8, 4) is 0 Å². The van der Waals surface area contributed by atoms with Crippen LogP contribution in [0.15, 0.2) is 60.7 Å². The first-order valence-corrected chi connectivity index (χ1v) is 10.5. The highest BCUT2D eigenvalue weighted by Gasteiger charge is 2.35. The second kappa shape index (κ2) is 9.05. The molecule has 0 unspecified atom stereocenters. The maximum atomic E-state index is 12.7. The summed E-state index contributed by atoms with van der Waals surface area (Å²) < 4.78 is 0. The quantitative estimate of drug-likeness (QED) is 0.621. The number of carbonyl (C=O) groups is 2. The molecule has 2 N–H and O–H groups in total. The van der Waals surface area contributed by atoms with Gasteiger partial charge in [-0.2, -0.15) is 4.98 Å². The lowest BCUT2D eigenvalue weighted by molar-refractivity contribution is -0.122. The highest BCUT2D eigenvalue weighted by Crippen LogP contribution is 2.26. The molecule has 0 saturated carbocycles. The Kier molecular flexibility index (Phi) is 6.02. The second-order valence-electron chi connectivity index (χ2n) is 8.02. The van der Waals surface area contributed by atoms with Crippen molar-refractivity contribution in [3.63, 3.8) is 0 Å². The number of rotatable bonds is 6. The molecule has 32 heavy (non-hydrogen) atoms. The summed E-state index contributed by atoms with van der Waals surface area (Å²) in [7, 11) is 3.86. The van der Waals surface area contributed by atoms with Gasteiger partial charge in [-0.1, -0.05) is 18.2 Å². The molecule has 1 aliphatic rings. The number of carbonyl (C=O) groups excluding carboxylic acids is 2. The largest absolute Gasteiger partial charge is 0.363 e. The molecular formula is C24H26N6O2. The molecule has 3 aromatic rings. The van der Waals surface area contributed by atoms with Crippen LogP contribution >= 0.6 is 0 Å². The maximum absolute atomic E-state index is 12.7. The van der Waals surface area contributed by atoms with Gasteiger partial charge in [0, 0.05) is 55.9 Å². The van der Waals surface area contributed by atoms with E-state index in [-0.39, 0.29) is 24.2 Å². The van der Waals surface area contributed by atoms with Crippen LogP contribution in [-0.4, -0.2) is 42.4 Å². The normalized spacial score (nSPS) is 15.5. The summed E-state index contributed by atoms with van der Waals surface area (Å²) in [6.07, 6.45) is 0.208. The van der Waals surface area contributed by atoms with Crippen molar-refractivity contribution in [3.05, 3.63) is 66.4 Å². The zero-order valence-corrected chi connectivity index (χ0v) is 18.4. The van der Waals surface area contributed by atoms with E-state index >= 15 is 0 Å². The van der Waals surface area contributed by atoms with E-state index in [9.17, 15) is 9.59 Å². The van der Waals surface area contributed by atoms with Crippen LogP contribution in [0.3, 0.4) is 0 Å². The number of benzene rings is 2. The number of amides is 2. The maximum Gasteiger partial charge on any atom is 0.229 e. The Labute approximate surface area is 187 Å². The van der Waals surface area contributed by atoms with E-state index in [2.05, 4.69) is 20.6 Å². The monoisotopic (exact) mass is 430 g/mol. The predicted molar refractivity (Wildman–Crippen MR) is 126 cm³/mol. The van der Waals surface area contributed by atoms with Gasteiger partial charge < -0.3 is 20.4 Å². The van der Waals surface area contributed by atoms with Gasteiger partial charge in [0.05, 0.1) is 5.92 Å². The zero-order chi connectivity index (χ0) is 22.7. The molecular weight excluding hydrogens is 404 g/mol. The van der Waals surface area contributed by atoms with Crippen molar-refractivity contribution in [2.75, 3.05) is 41.1 Å². The third-order valence-electron chi connectivity index (χ3n) is 5.27. The van der Waals surface area contributed by atoms with Gasteiger partial charge in [0.2, 0.25) is 17.8 Å². The Hall–Kier alpha value is -3.94. The predicted octanol–water partition coefficient (Wildman–Crippen LogP) is 3.59. The molecule has 2 heterocycles. The Bertz CT molecular complexity index is 1120. The fraction of sp³-hybridized carbons (Fsp3) is 0.250. The zero-order valence-electron chi connectivity index (χ0n) is 18.4. The smallest absolute Gasteiger partial charge is 0.229 e. The van der Waals surface area contributed by atoms with Crippen molar-refractivity contribution >= 4 is 40.6 Å². The van der Waals surface area contributed by atoms with E-state index in [0.29, 0.717) is 18.2 Å². The molecule has 4 rings (SSSR count). The summed E-state index contributed by atoms with van der Waals surface area (Å²) in [5, 5.41) is 6.11. The topological polar surface area (TPSA) is 90.5 Å². The van der Waals surface area contributed by atoms with Gasteiger partial charge in [-0.25, -0.2) is 4.98 Å². The molecule has 1 atom stereocenters. The number of anilines is 5. The van der Waals surface area contributed by atoms with Crippen molar-refractivity contribution in [2.45, 2.75) is 13.3 Å². The molecule has 164 valence electrons. The minimum absolute atomic E-state index is 0.0360. The van der Waals surface area contributed by atoms with Crippen LogP contribution in [0, 0.1) is 12.8 Å². The summed E-state index contributed by atoms with van der Waals surface area (Å²) >= 11 is 0. The molecule has 0 bridgehead atoms. The molecule has 1 saturated heterocycles. The van der Waals surface area contributed by atoms with Gasteiger partial charge in [0.1, 0.15) is 5.82 Å². The van der Waals surface area contributed by atoms with Crippen molar-refractivity contribution < 1.29 is 9.59 Å². The highest BCUT2D eigenvalue weighted by molar-refractivity contribution is 6.03. The number of nitrogens with zero attached hydrogens (tertiary/aromatic N) is 4. The fourth-order valence-electron chi connectivity index (χ4n) is 3.59. The molecule has 8 heteroatoms. The van der Waals surface area contributed by atoms with Gasteiger partial charge >= 0.3 is 0 Å². The molecule has 0 spiro atoms. The standard InChI is InChI=1S/C24H26N6O2/c1-16-13-21(29(2)3)28-24(25-16)27-19-11-9-18(10-12-19)26-23(32)17-14-22(31)30(15-17)20-7-5-4-6-8-20/h4-13,17H,14-15H2,1-3H3,(H,26,32)(H,25,27,28)/t17-/m0/s1. The van der Waals surface area contributed by atoms with Crippen LogP contribution in [0.2, 0.25) is 0 Å². The highest BCUT2D eigenvalue weighted by atomic mass is 16.2. The number of aryl methyl sites for hydroxylation is 1. The third kappa shape index (κ3) is 4.85. The summed E-state index contributed by atoms with van der Waals surface area (Å²) in [6.45, 7) is 2.30. The molecule has 1 aliphatic heterocycles. The van der Waals surface area contributed by atoms with E-state index in [1.54, 1.807) is 4.90 Å². The lowest BCUT2D eigenvalue weighted by atomic mass is 10.1. The fourth-order valence-corrected chi connectivity index (χ4v) is 3.59. The van der Waals surface area contributed by atoms with Crippen LogP contribution in [0.4, 0.5) is 28.8 Å². The van der Waals surface area contributed by atoms with E-state index in [0.717, 1.165) is 22.9 Å². The lowest BCUT2D eigenvalue weighted by Crippen LogP contribution is -2.28. The number of aromatic nitrogens is 2. The first-order chi connectivity index (χ1) is 15.4. The molecule has 1 aromatic heterocycles. The molecule has 1 fully saturated rings. The Morgan fingerprint density at radius 2 is 1.72 bits per heavy atom. The van der Waals surface area contributed by atoms with Gasteiger partial charge in [0.25, 0.3) is 0 Å². The Balaban J connectivity index is 1.38. The van der Waals surface area contributed by atoms with Crippen molar-refractivity contribution in [1.29, 1.82) is 0 Å². The summed E-state index contributed by atoms with van der Waals surface area (Å²) in [5.41, 5.74) is 3.17. The van der Waals surface area contributed by atoms with Crippen LogP contribution in [0.25, 0.3) is 0 Å². The average molecular weight is 431 g/mol. The minimum Gasteiger partial charge on any atom is -0.363 e. The number of hydrogen-bond donors (Lipinski definition) is 2. The van der Waals surface area contributed by atoms with Crippen LogP contribution in [0.1, 0.15) is 12.1 Å². The van der Waals surface area contributed by atoms with Gasteiger partial charge in [-0.15, -0.1) is 0 Å². The van der Waals surface area contributed by atoms with Gasteiger partial charge in [0.15, 0.2) is 0 Å².